The quantitative estimate of drug-likeness (QED) is 0.572. The minimum absolute atomic E-state index is 0.197. The van der Waals surface area contributed by atoms with Gasteiger partial charge >= 0.3 is 5.97 Å². The van der Waals surface area contributed by atoms with E-state index in [9.17, 15) is 4.79 Å². The summed E-state index contributed by atoms with van der Waals surface area (Å²) >= 11 is 0. The second kappa shape index (κ2) is 7.12. The number of hydrogen-bond donors (Lipinski definition) is 0. The molecule has 0 fully saturated rings. The molecule has 1 heterocycles. The molecule has 3 nitrogen and oxygen atoms in total. The van der Waals surface area contributed by atoms with Crippen molar-refractivity contribution in [2.75, 3.05) is 6.61 Å². The van der Waals surface area contributed by atoms with E-state index in [0.717, 1.165) is 23.2 Å². The number of nitrogens with zero attached hydrogens (tertiary/aromatic N) is 1. The molecule has 0 amide bonds. The predicted molar refractivity (Wildman–Crippen MR) is 91.1 cm³/mol. The molecule has 0 aliphatic rings. The minimum atomic E-state index is -0.197. The number of benzene rings is 1. The monoisotopic (exact) mass is 297 g/mol. The molecule has 1 aromatic carbocycles. The van der Waals surface area contributed by atoms with Gasteiger partial charge in [0, 0.05) is 23.1 Å². The summed E-state index contributed by atoms with van der Waals surface area (Å²) in [4.78, 5) is 12.0. The molecule has 3 heteroatoms. The maximum absolute atomic E-state index is 12.0. The van der Waals surface area contributed by atoms with E-state index >= 15 is 0 Å². The summed E-state index contributed by atoms with van der Waals surface area (Å²) in [5.41, 5.74) is 4.49. The Kier molecular flexibility index (Phi) is 5.21. The number of aromatic nitrogens is 1. The van der Waals surface area contributed by atoms with E-state index in [1.165, 1.54) is 10.9 Å². The Morgan fingerprint density at radius 3 is 2.73 bits per heavy atom. The average Bonchev–Trinajstić information content (AvgIpc) is 2.74. The van der Waals surface area contributed by atoms with Crippen LogP contribution in [-0.4, -0.2) is 17.1 Å². The van der Waals surface area contributed by atoms with Crippen LogP contribution in [0.3, 0.4) is 0 Å². The van der Waals surface area contributed by atoms with Crippen LogP contribution >= 0.6 is 0 Å². The van der Waals surface area contributed by atoms with Crippen molar-refractivity contribution < 1.29 is 9.53 Å². The summed E-state index contributed by atoms with van der Waals surface area (Å²) in [5, 5.41) is 1.18. The van der Waals surface area contributed by atoms with Crippen molar-refractivity contribution in [3.8, 4) is 0 Å². The van der Waals surface area contributed by atoms with Crippen molar-refractivity contribution in [1.82, 2.24) is 4.57 Å². The van der Waals surface area contributed by atoms with Crippen molar-refractivity contribution >= 4 is 16.9 Å². The highest BCUT2D eigenvalue weighted by Gasteiger charge is 2.18. The third kappa shape index (κ3) is 3.14. The molecule has 1 aromatic heterocycles. The number of hydrogen-bond acceptors (Lipinski definition) is 2. The largest absolute Gasteiger partial charge is 0.466 e. The van der Waals surface area contributed by atoms with E-state index in [1.54, 1.807) is 0 Å². The highest BCUT2D eigenvalue weighted by Crippen LogP contribution is 2.29. The number of carbonyl (C=O) groups is 1. The molecule has 22 heavy (non-hydrogen) atoms. The van der Waals surface area contributed by atoms with Gasteiger partial charge in [0.25, 0.3) is 0 Å². The highest BCUT2D eigenvalue weighted by molar-refractivity contribution is 5.88. The van der Waals surface area contributed by atoms with Gasteiger partial charge in [-0.25, -0.2) is 0 Å². The predicted octanol–water partition coefficient (Wildman–Crippen LogP) is 3.97. The fourth-order valence-electron chi connectivity index (χ4n) is 2.85. The number of rotatable bonds is 7. The zero-order valence-corrected chi connectivity index (χ0v) is 13.4. The van der Waals surface area contributed by atoms with Crippen molar-refractivity contribution in [3.05, 3.63) is 60.3 Å². The first-order valence-corrected chi connectivity index (χ1v) is 7.60. The molecule has 116 valence electrons. The van der Waals surface area contributed by atoms with Crippen LogP contribution in [0, 0.1) is 6.92 Å². The Morgan fingerprint density at radius 1 is 1.32 bits per heavy atom. The van der Waals surface area contributed by atoms with Gasteiger partial charge in [-0.2, -0.15) is 0 Å². The summed E-state index contributed by atoms with van der Waals surface area (Å²) in [6.45, 7) is 12.7. The average molecular weight is 297 g/mol. The maximum atomic E-state index is 12.0. The van der Waals surface area contributed by atoms with Crippen LogP contribution in [0.1, 0.15) is 23.7 Å². The molecule has 0 atom stereocenters. The van der Waals surface area contributed by atoms with E-state index in [-0.39, 0.29) is 12.4 Å². The van der Waals surface area contributed by atoms with Gasteiger partial charge in [-0.1, -0.05) is 23.8 Å². The smallest absolute Gasteiger partial charge is 0.311 e. The SMILES string of the molecule is C=CCc1c(CC(=O)OCC)n(CC=C)c2ccc(C)cc12. The van der Waals surface area contributed by atoms with Crippen molar-refractivity contribution in [2.45, 2.75) is 33.2 Å². The number of esters is 1. The highest BCUT2D eigenvalue weighted by atomic mass is 16.5. The molecule has 0 unspecified atom stereocenters. The van der Waals surface area contributed by atoms with Gasteiger partial charge in [0.05, 0.1) is 13.0 Å². The zero-order valence-electron chi connectivity index (χ0n) is 13.4. The number of ether oxygens (including phenoxy) is 1. The summed E-state index contributed by atoms with van der Waals surface area (Å²) < 4.78 is 7.28. The van der Waals surface area contributed by atoms with E-state index in [1.807, 2.05) is 19.1 Å². The molecule has 2 rings (SSSR count). The Balaban J connectivity index is 2.65. The molecule has 2 aromatic rings. The number of carbonyl (C=O) groups excluding carboxylic acids is 1. The molecule has 0 spiro atoms. The molecule has 0 saturated carbocycles. The van der Waals surface area contributed by atoms with Gasteiger partial charge in [0.15, 0.2) is 0 Å². The zero-order chi connectivity index (χ0) is 16.1. The van der Waals surface area contributed by atoms with Gasteiger partial charge in [-0.05, 0) is 38.0 Å². The maximum Gasteiger partial charge on any atom is 0.311 e. The van der Waals surface area contributed by atoms with Crippen LogP contribution < -0.4 is 0 Å². The van der Waals surface area contributed by atoms with Crippen LogP contribution in [0.25, 0.3) is 10.9 Å². The number of aryl methyl sites for hydroxylation is 1. The fourth-order valence-corrected chi connectivity index (χ4v) is 2.85. The second-order valence-corrected chi connectivity index (χ2v) is 5.32. The topological polar surface area (TPSA) is 31.2 Å². The summed E-state index contributed by atoms with van der Waals surface area (Å²) in [7, 11) is 0. The molecule has 0 radical (unpaired) electrons. The summed E-state index contributed by atoms with van der Waals surface area (Å²) in [5.74, 6) is -0.197. The van der Waals surface area contributed by atoms with Crippen molar-refractivity contribution in [1.29, 1.82) is 0 Å². The van der Waals surface area contributed by atoms with Gasteiger partial charge < -0.3 is 9.30 Å². The van der Waals surface area contributed by atoms with Gasteiger partial charge in [-0.3, -0.25) is 4.79 Å². The molecular formula is C19H23NO2. The van der Waals surface area contributed by atoms with E-state index < -0.39 is 0 Å². The van der Waals surface area contributed by atoms with Crippen molar-refractivity contribution in [3.63, 3.8) is 0 Å². The molecule has 0 aliphatic carbocycles. The lowest BCUT2D eigenvalue weighted by molar-refractivity contribution is -0.142. The lowest BCUT2D eigenvalue weighted by atomic mass is 10.0. The third-order valence-corrected chi connectivity index (χ3v) is 3.72. The van der Waals surface area contributed by atoms with Gasteiger partial charge in [0.1, 0.15) is 0 Å². The Labute approximate surface area is 131 Å². The summed E-state index contributed by atoms with van der Waals surface area (Å²) in [6, 6.07) is 6.37. The van der Waals surface area contributed by atoms with Crippen LogP contribution in [0.15, 0.2) is 43.5 Å². The number of fused-ring (bicyclic) bond motifs is 1. The van der Waals surface area contributed by atoms with Crippen molar-refractivity contribution in [2.24, 2.45) is 0 Å². The Bertz CT molecular complexity index is 710. The molecular weight excluding hydrogens is 274 g/mol. The van der Waals surface area contributed by atoms with Crippen LogP contribution in [-0.2, 0) is 28.9 Å². The molecule has 0 saturated heterocycles. The first-order valence-electron chi connectivity index (χ1n) is 7.60. The summed E-state index contributed by atoms with van der Waals surface area (Å²) in [6.07, 6.45) is 4.74. The van der Waals surface area contributed by atoms with Gasteiger partial charge in [-0.15, -0.1) is 13.2 Å². The Morgan fingerprint density at radius 2 is 2.09 bits per heavy atom. The molecule has 0 N–H and O–H groups in total. The van der Waals surface area contributed by atoms with Crippen LogP contribution in [0.5, 0.6) is 0 Å². The first kappa shape index (κ1) is 16.1. The Hall–Kier alpha value is -2.29. The van der Waals surface area contributed by atoms with E-state index in [2.05, 4.69) is 42.8 Å². The molecule has 0 bridgehead atoms. The third-order valence-electron chi connectivity index (χ3n) is 3.72. The number of allylic oxidation sites excluding steroid dienone is 2. The lowest BCUT2D eigenvalue weighted by Crippen LogP contribution is -2.13. The minimum Gasteiger partial charge on any atom is -0.466 e. The normalized spacial score (nSPS) is 10.6. The van der Waals surface area contributed by atoms with Crippen LogP contribution in [0.4, 0.5) is 0 Å². The van der Waals surface area contributed by atoms with E-state index in [0.29, 0.717) is 13.2 Å². The second-order valence-electron chi connectivity index (χ2n) is 5.32. The standard InChI is InChI=1S/C19H23NO2/c1-5-8-15-16-12-14(4)9-10-17(16)20(11-6-2)18(15)13-19(21)22-7-3/h5-6,9-10,12H,1-2,7-8,11,13H2,3-4H3. The first-order chi connectivity index (χ1) is 10.6. The van der Waals surface area contributed by atoms with Gasteiger partial charge in [0.2, 0.25) is 0 Å². The lowest BCUT2D eigenvalue weighted by Gasteiger charge is -2.09. The fraction of sp³-hybridized carbons (Fsp3) is 0.316. The molecule has 0 aliphatic heterocycles. The van der Waals surface area contributed by atoms with E-state index in [4.69, 9.17) is 4.74 Å². The van der Waals surface area contributed by atoms with Crippen LogP contribution in [0.2, 0.25) is 0 Å².